The molecule has 0 aliphatic rings. The van der Waals surface area contributed by atoms with Gasteiger partial charge in [0.25, 0.3) is 0 Å². The predicted octanol–water partition coefficient (Wildman–Crippen LogP) is 3.29. The van der Waals surface area contributed by atoms with Crippen molar-refractivity contribution in [1.82, 2.24) is 0 Å². The van der Waals surface area contributed by atoms with E-state index >= 15 is 0 Å². The fourth-order valence-corrected chi connectivity index (χ4v) is 2.01. The lowest BCUT2D eigenvalue weighted by Crippen LogP contribution is -2.00. The minimum atomic E-state index is -0.999. The molecule has 0 heterocycles. The molecule has 0 atom stereocenters. The first-order valence-corrected chi connectivity index (χ1v) is 6.74. The Balaban J connectivity index is 2.35. The van der Waals surface area contributed by atoms with Gasteiger partial charge in [0, 0.05) is 5.69 Å². The van der Waals surface area contributed by atoms with Crippen LogP contribution >= 0.6 is 0 Å². The van der Waals surface area contributed by atoms with Crippen molar-refractivity contribution in [2.45, 2.75) is 0 Å². The molecule has 0 spiro atoms. The summed E-state index contributed by atoms with van der Waals surface area (Å²) in [5.41, 5.74) is 1.90. The van der Waals surface area contributed by atoms with Gasteiger partial charge in [-0.15, -0.1) is 0 Å². The van der Waals surface area contributed by atoms with E-state index in [1.54, 1.807) is 48.5 Å². The first-order chi connectivity index (χ1) is 11.6. The van der Waals surface area contributed by atoms with Crippen LogP contribution in [0.25, 0.3) is 11.1 Å². The lowest BCUT2D eigenvalue weighted by atomic mass is 10.0. The summed E-state index contributed by atoms with van der Waals surface area (Å²) in [6.07, 6.45) is 0. The summed E-state index contributed by atoms with van der Waals surface area (Å²) in [7, 11) is 0. The van der Waals surface area contributed by atoms with Gasteiger partial charge in [0.1, 0.15) is 23.9 Å². The van der Waals surface area contributed by atoms with Gasteiger partial charge in [-0.05, 0) is 35.4 Å². The zero-order valence-electron chi connectivity index (χ0n) is 12.3. The number of anilines is 1. The van der Waals surface area contributed by atoms with Crippen molar-refractivity contribution in [2.75, 3.05) is 5.32 Å². The molecule has 0 unspecified atom stereocenters. The summed E-state index contributed by atoms with van der Waals surface area (Å²) in [4.78, 5) is 10.9. The number of rotatable bonds is 4. The van der Waals surface area contributed by atoms with Crippen LogP contribution in [0.15, 0.2) is 59.8 Å². The lowest BCUT2D eigenvalue weighted by Gasteiger charge is -2.08. The average Bonchev–Trinajstić information content (AvgIpc) is 2.62. The molecule has 6 nitrogen and oxygen atoms in total. The molecule has 0 saturated heterocycles. The third-order valence-electron chi connectivity index (χ3n) is 3.18. The Kier molecular flexibility index (Phi) is 4.93. The number of hydrogen-bond acceptors (Lipinski definition) is 5. The Morgan fingerprint density at radius 1 is 0.917 bits per heavy atom. The molecule has 2 N–H and O–H groups in total. The van der Waals surface area contributed by atoms with E-state index in [-0.39, 0.29) is 16.8 Å². The van der Waals surface area contributed by atoms with Gasteiger partial charge < -0.3 is 10.4 Å². The maximum absolute atomic E-state index is 10.9. The van der Waals surface area contributed by atoms with Crippen molar-refractivity contribution in [1.29, 1.82) is 15.8 Å². The van der Waals surface area contributed by atoms with Crippen LogP contribution < -0.4 is 5.32 Å². The van der Waals surface area contributed by atoms with Crippen LogP contribution in [0.2, 0.25) is 0 Å². The fraction of sp³-hybridized carbons (Fsp3) is 0. The molecule has 0 radical (unpaired) electrons. The summed E-state index contributed by atoms with van der Waals surface area (Å²) in [6.45, 7) is 0. The number of nitrogens with zero attached hydrogens (tertiary/aromatic N) is 3. The van der Waals surface area contributed by atoms with Crippen LogP contribution in [0, 0.1) is 34.0 Å². The molecule has 0 aliphatic carbocycles. The molecule has 0 fully saturated rings. The highest BCUT2D eigenvalue weighted by Gasteiger charge is 2.07. The summed E-state index contributed by atoms with van der Waals surface area (Å²) < 4.78 is 0. The monoisotopic (exact) mass is 314 g/mol. The van der Waals surface area contributed by atoms with Crippen molar-refractivity contribution in [3.8, 4) is 29.3 Å². The number of carbonyl (C=O) groups is 1. The van der Waals surface area contributed by atoms with Crippen molar-refractivity contribution in [2.24, 2.45) is 0 Å². The van der Waals surface area contributed by atoms with Crippen LogP contribution in [0.1, 0.15) is 10.4 Å². The first kappa shape index (κ1) is 16.3. The summed E-state index contributed by atoms with van der Waals surface area (Å²) >= 11 is 0. The highest BCUT2D eigenvalue weighted by Crippen LogP contribution is 2.24. The van der Waals surface area contributed by atoms with Crippen LogP contribution in [0.4, 0.5) is 5.69 Å². The van der Waals surface area contributed by atoms with E-state index in [1.165, 1.54) is 12.1 Å². The van der Waals surface area contributed by atoms with Gasteiger partial charge in [0.2, 0.25) is 0 Å². The second-order valence-corrected chi connectivity index (χ2v) is 4.67. The number of nitrogens with one attached hydrogen (secondary N) is 1. The molecule has 24 heavy (non-hydrogen) atoms. The Morgan fingerprint density at radius 3 is 2.12 bits per heavy atom. The minimum Gasteiger partial charge on any atom is -0.478 e. The molecule has 2 aromatic rings. The number of carboxylic acids is 1. The van der Waals surface area contributed by atoms with Gasteiger partial charge in [-0.3, -0.25) is 0 Å². The van der Waals surface area contributed by atoms with Crippen LogP contribution in [0.3, 0.4) is 0 Å². The van der Waals surface area contributed by atoms with Gasteiger partial charge in [0.05, 0.1) is 5.56 Å². The second kappa shape index (κ2) is 7.26. The maximum Gasteiger partial charge on any atom is 0.335 e. The standard InChI is InChI=1S/C18H10N4O2/c19-9-15(10-20)17(11-21)22-16-3-1-2-14(8-16)12-4-6-13(7-5-12)18(23)24/h1-8,22H,(H,23,24). The summed E-state index contributed by atoms with van der Waals surface area (Å²) in [5.74, 6) is -0.999. The van der Waals surface area contributed by atoms with Crippen LogP contribution in [-0.2, 0) is 0 Å². The topological polar surface area (TPSA) is 121 Å². The van der Waals surface area contributed by atoms with Gasteiger partial charge in [-0.1, -0.05) is 24.3 Å². The number of allylic oxidation sites excluding steroid dienone is 2. The predicted molar refractivity (Wildman–Crippen MR) is 86.3 cm³/mol. The molecule has 0 aromatic heterocycles. The highest BCUT2D eigenvalue weighted by atomic mass is 16.4. The molecule has 0 aliphatic heterocycles. The zero-order valence-corrected chi connectivity index (χ0v) is 12.3. The zero-order chi connectivity index (χ0) is 17.5. The van der Waals surface area contributed by atoms with Crippen LogP contribution in [-0.4, -0.2) is 11.1 Å². The molecule has 2 aromatic carbocycles. The van der Waals surface area contributed by atoms with Crippen LogP contribution in [0.5, 0.6) is 0 Å². The Morgan fingerprint density at radius 2 is 1.58 bits per heavy atom. The molecule has 2 rings (SSSR count). The highest BCUT2D eigenvalue weighted by molar-refractivity contribution is 5.88. The van der Waals surface area contributed by atoms with E-state index in [2.05, 4.69) is 5.32 Å². The number of benzene rings is 2. The number of hydrogen-bond donors (Lipinski definition) is 2. The summed E-state index contributed by atoms with van der Waals surface area (Å²) in [5, 5.41) is 38.4. The summed E-state index contributed by atoms with van der Waals surface area (Å²) in [6, 6.07) is 18.5. The van der Waals surface area contributed by atoms with Crippen molar-refractivity contribution >= 4 is 11.7 Å². The number of nitriles is 3. The Bertz CT molecular complexity index is 923. The van der Waals surface area contributed by atoms with Gasteiger partial charge in [-0.25, -0.2) is 4.79 Å². The molecule has 114 valence electrons. The fourth-order valence-electron chi connectivity index (χ4n) is 2.01. The molecule has 0 bridgehead atoms. The molecule has 0 saturated carbocycles. The van der Waals surface area contributed by atoms with Crippen molar-refractivity contribution < 1.29 is 9.90 Å². The van der Waals surface area contributed by atoms with Gasteiger partial charge in [-0.2, -0.15) is 15.8 Å². The van der Waals surface area contributed by atoms with E-state index in [9.17, 15) is 4.79 Å². The quantitative estimate of drug-likeness (QED) is 0.835. The lowest BCUT2D eigenvalue weighted by molar-refractivity contribution is 0.0697. The molecule has 0 amide bonds. The Hall–Kier alpha value is -4.08. The van der Waals surface area contributed by atoms with Crippen molar-refractivity contribution in [3.63, 3.8) is 0 Å². The van der Waals surface area contributed by atoms with E-state index in [0.717, 1.165) is 11.1 Å². The second-order valence-electron chi connectivity index (χ2n) is 4.67. The maximum atomic E-state index is 10.9. The van der Waals surface area contributed by atoms with Gasteiger partial charge >= 0.3 is 5.97 Å². The SMILES string of the molecule is N#CC(C#N)=C(C#N)Nc1cccc(-c2ccc(C(=O)O)cc2)c1. The molecular weight excluding hydrogens is 304 g/mol. The van der Waals surface area contributed by atoms with E-state index < -0.39 is 5.97 Å². The van der Waals surface area contributed by atoms with E-state index in [4.69, 9.17) is 20.9 Å². The minimum absolute atomic E-state index is 0.127. The number of carboxylic acid groups (broad SMARTS) is 1. The number of aromatic carboxylic acids is 1. The van der Waals surface area contributed by atoms with Gasteiger partial charge in [0.15, 0.2) is 5.57 Å². The van der Waals surface area contributed by atoms with Crippen molar-refractivity contribution in [3.05, 3.63) is 65.4 Å². The molecular formula is C18H10N4O2. The largest absolute Gasteiger partial charge is 0.478 e. The third-order valence-corrected chi connectivity index (χ3v) is 3.18. The normalized spacial score (nSPS) is 9.04. The average molecular weight is 314 g/mol. The first-order valence-electron chi connectivity index (χ1n) is 6.74. The Labute approximate surface area is 138 Å². The molecule has 6 heteroatoms. The van der Waals surface area contributed by atoms with E-state index in [1.807, 2.05) is 6.07 Å². The van der Waals surface area contributed by atoms with E-state index in [0.29, 0.717) is 5.69 Å². The third kappa shape index (κ3) is 3.57. The smallest absolute Gasteiger partial charge is 0.335 e.